The Balaban J connectivity index is 1.76. The molecule has 1 N–H and O–H groups in total. The number of hydrogen-bond acceptors (Lipinski definition) is 6. The minimum atomic E-state index is -1.13. The number of piperidine rings is 1. The van der Waals surface area contributed by atoms with Gasteiger partial charge in [0.25, 0.3) is 0 Å². The van der Waals surface area contributed by atoms with E-state index in [0.29, 0.717) is 23.1 Å². The predicted octanol–water partition coefficient (Wildman–Crippen LogP) is 6.59. The van der Waals surface area contributed by atoms with Crippen molar-refractivity contribution in [2.45, 2.75) is 98.4 Å². The van der Waals surface area contributed by atoms with Gasteiger partial charge in [0.2, 0.25) is 5.88 Å². The fourth-order valence-corrected chi connectivity index (χ4v) is 5.20. The van der Waals surface area contributed by atoms with Crippen molar-refractivity contribution in [3.63, 3.8) is 0 Å². The molecule has 2 atom stereocenters. The van der Waals surface area contributed by atoms with Gasteiger partial charge in [-0.25, -0.2) is 9.78 Å². The molecule has 1 saturated heterocycles. The molecule has 2 aromatic rings. The minimum Gasteiger partial charge on any atom is -0.479 e. The van der Waals surface area contributed by atoms with Gasteiger partial charge in [-0.2, -0.15) is 0 Å². The molecule has 4 rings (SSSR count). The van der Waals surface area contributed by atoms with Crippen molar-refractivity contribution in [2.75, 3.05) is 18.0 Å². The van der Waals surface area contributed by atoms with E-state index in [-0.39, 0.29) is 11.5 Å². The largest absolute Gasteiger partial charge is 0.479 e. The molecule has 1 aliphatic heterocycles. The number of pyridine rings is 2. The minimum absolute atomic E-state index is 0.151. The second-order valence-corrected chi connectivity index (χ2v) is 12.5. The van der Waals surface area contributed by atoms with Gasteiger partial charge in [0, 0.05) is 53.9 Å². The number of aryl methyl sites for hydroxylation is 1. The Morgan fingerprint density at radius 3 is 2.32 bits per heavy atom. The van der Waals surface area contributed by atoms with Gasteiger partial charge in [-0.15, -0.1) is 0 Å². The number of carbonyl (C=O) groups is 1. The molecule has 1 saturated carbocycles. The van der Waals surface area contributed by atoms with Crippen molar-refractivity contribution in [1.82, 2.24) is 9.97 Å². The number of hydrogen-bond donors (Lipinski definition) is 1. The van der Waals surface area contributed by atoms with Gasteiger partial charge in [0.15, 0.2) is 6.10 Å². The molecule has 0 amide bonds. The summed E-state index contributed by atoms with van der Waals surface area (Å²) in [6.45, 7) is 15.9. The van der Waals surface area contributed by atoms with Crippen LogP contribution in [0.3, 0.4) is 0 Å². The molecule has 202 valence electrons. The van der Waals surface area contributed by atoms with Crippen molar-refractivity contribution in [2.24, 2.45) is 11.3 Å². The van der Waals surface area contributed by atoms with E-state index < -0.39 is 17.7 Å². The fraction of sp³-hybridized carbons (Fsp3) is 0.633. The molecular formula is C30H43N3O4. The number of rotatable bonds is 8. The molecule has 0 radical (unpaired) electrons. The van der Waals surface area contributed by atoms with Gasteiger partial charge < -0.3 is 19.5 Å². The van der Waals surface area contributed by atoms with Crippen LogP contribution in [-0.2, 0) is 9.53 Å². The van der Waals surface area contributed by atoms with Crippen LogP contribution in [0.5, 0.6) is 5.88 Å². The molecule has 0 spiro atoms. The van der Waals surface area contributed by atoms with Gasteiger partial charge in [-0.1, -0.05) is 20.3 Å². The number of aromatic nitrogens is 2. The van der Waals surface area contributed by atoms with Crippen LogP contribution in [-0.4, -0.2) is 45.8 Å². The molecule has 7 nitrogen and oxygen atoms in total. The number of nitrogens with zero attached hydrogens (tertiary/aromatic N) is 3. The standard InChI is InChI=1S/C30H43N3O4/c1-19-25(27(28(34)35)37-29(3,4)5)26(33-15-13-30(6,7)14-16-33)23(18-31-19)22-11-12-24(32-17-22)36-20(2)21-9-8-10-21/h11-12,17-18,20-21,27H,8-10,13-16H2,1-7H3,(H,34,35)/t20-,27-/m0/s1. The van der Waals surface area contributed by atoms with Crippen molar-refractivity contribution >= 4 is 11.7 Å². The van der Waals surface area contributed by atoms with Crippen LogP contribution < -0.4 is 9.64 Å². The van der Waals surface area contributed by atoms with Gasteiger partial charge in [0.05, 0.1) is 11.3 Å². The average Bonchev–Trinajstić information content (AvgIpc) is 2.76. The summed E-state index contributed by atoms with van der Waals surface area (Å²) < 4.78 is 12.2. The lowest BCUT2D eigenvalue weighted by Crippen LogP contribution is -2.39. The molecule has 1 aliphatic carbocycles. The second-order valence-electron chi connectivity index (χ2n) is 12.5. The van der Waals surface area contributed by atoms with Crippen LogP contribution >= 0.6 is 0 Å². The summed E-state index contributed by atoms with van der Waals surface area (Å²) in [7, 11) is 0. The van der Waals surface area contributed by atoms with Gasteiger partial charge in [-0.3, -0.25) is 4.98 Å². The van der Waals surface area contributed by atoms with E-state index in [2.05, 4.69) is 35.6 Å². The Hall–Kier alpha value is -2.67. The highest BCUT2D eigenvalue weighted by atomic mass is 16.5. The highest BCUT2D eigenvalue weighted by Crippen LogP contribution is 2.43. The summed E-state index contributed by atoms with van der Waals surface area (Å²) >= 11 is 0. The summed E-state index contributed by atoms with van der Waals surface area (Å²) in [5.74, 6) is 0.211. The van der Waals surface area contributed by atoms with Crippen LogP contribution in [0.2, 0.25) is 0 Å². The Morgan fingerprint density at radius 2 is 1.81 bits per heavy atom. The Morgan fingerprint density at radius 1 is 1.14 bits per heavy atom. The highest BCUT2D eigenvalue weighted by molar-refractivity contribution is 5.86. The van der Waals surface area contributed by atoms with Gasteiger partial charge in [0.1, 0.15) is 6.10 Å². The van der Waals surface area contributed by atoms with Crippen LogP contribution in [0.4, 0.5) is 5.69 Å². The summed E-state index contributed by atoms with van der Waals surface area (Å²) in [4.78, 5) is 24.1. The van der Waals surface area contributed by atoms with E-state index in [1.54, 1.807) is 0 Å². The van der Waals surface area contributed by atoms with E-state index in [4.69, 9.17) is 9.47 Å². The fourth-order valence-electron chi connectivity index (χ4n) is 5.20. The summed E-state index contributed by atoms with van der Waals surface area (Å²) in [6, 6.07) is 3.91. The Kier molecular flexibility index (Phi) is 7.84. The zero-order chi connectivity index (χ0) is 27.0. The topological polar surface area (TPSA) is 84.8 Å². The first kappa shape index (κ1) is 27.4. The highest BCUT2D eigenvalue weighted by Gasteiger charge is 2.36. The van der Waals surface area contributed by atoms with E-state index in [1.807, 2.05) is 52.2 Å². The van der Waals surface area contributed by atoms with E-state index in [0.717, 1.165) is 42.7 Å². The molecule has 2 fully saturated rings. The van der Waals surface area contributed by atoms with Crippen molar-refractivity contribution in [3.8, 4) is 17.0 Å². The lowest BCUT2D eigenvalue weighted by Gasteiger charge is -2.41. The summed E-state index contributed by atoms with van der Waals surface area (Å²) in [5.41, 5.74) is 3.56. The SMILES string of the molecule is Cc1ncc(-c2ccc(O[C@@H](C)C3CCC3)nc2)c(N2CCC(C)(C)CC2)c1[C@H](OC(C)(C)C)C(=O)O. The average molecular weight is 510 g/mol. The molecule has 0 bridgehead atoms. The molecule has 0 aromatic carbocycles. The van der Waals surface area contributed by atoms with Gasteiger partial charge in [-0.05, 0) is 77.7 Å². The molecule has 0 unspecified atom stereocenters. The number of aliphatic carboxylic acids is 1. The first-order chi connectivity index (χ1) is 17.3. The molecule has 37 heavy (non-hydrogen) atoms. The number of ether oxygens (including phenoxy) is 2. The number of carboxylic acids is 1. The van der Waals surface area contributed by atoms with E-state index in [9.17, 15) is 9.90 Å². The quantitative estimate of drug-likeness (QED) is 0.430. The molecular weight excluding hydrogens is 466 g/mol. The predicted molar refractivity (Wildman–Crippen MR) is 146 cm³/mol. The number of carboxylic acid groups (broad SMARTS) is 1. The number of anilines is 1. The third-order valence-corrected chi connectivity index (χ3v) is 7.85. The maximum absolute atomic E-state index is 12.5. The zero-order valence-electron chi connectivity index (χ0n) is 23.5. The second kappa shape index (κ2) is 10.6. The normalized spacial score (nSPS) is 19.7. The monoisotopic (exact) mass is 509 g/mol. The lowest BCUT2D eigenvalue weighted by molar-refractivity contribution is -0.160. The molecule has 3 heterocycles. The van der Waals surface area contributed by atoms with Crippen LogP contribution in [0.1, 0.15) is 91.0 Å². The zero-order valence-corrected chi connectivity index (χ0v) is 23.5. The first-order valence-electron chi connectivity index (χ1n) is 13.6. The summed E-state index contributed by atoms with van der Waals surface area (Å²) in [5, 5.41) is 10.3. The maximum Gasteiger partial charge on any atom is 0.337 e. The third kappa shape index (κ3) is 6.43. The van der Waals surface area contributed by atoms with E-state index >= 15 is 0 Å². The van der Waals surface area contributed by atoms with Crippen LogP contribution in [0, 0.1) is 18.3 Å². The smallest absolute Gasteiger partial charge is 0.337 e. The van der Waals surface area contributed by atoms with Crippen LogP contribution in [0.25, 0.3) is 11.1 Å². The lowest BCUT2D eigenvalue weighted by atomic mass is 9.82. The first-order valence-corrected chi connectivity index (χ1v) is 13.6. The van der Waals surface area contributed by atoms with Crippen LogP contribution in [0.15, 0.2) is 24.5 Å². The van der Waals surface area contributed by atoms with Crippen molar-refractivity contribution < 1.29 is 19.4 Å². The summed E-state index contributed by atoms with van der Waals surface area (Å²) in [6.07, 6.45) is 8.44. The van der Waals surface area contributed by atoms with Crippen molar-refractivity contribution in [3.05, 3.63) is 35.8 Å². The molecule has 7 heteroatoms. The Labute approximate surface area is 221 Å². The van der Waals surface area contributed by atoms with Crippen molar-refractivity contribution in [1.29, 1.82) is 0 Å². The Bertz CT molecular complexity index is 1090. The maximum atomic E-state index is 12.5. The third-order valence-electron chi connectivity index (χ3n) is 7.85. The molecule has 2 aromatic heterocycles. The van der Waals surface area contributed by atoms with E-state index in [1.165, 1.54) is 19.3 Å². The molecule has 2 aliphatic rings. The van der Waals surface area contributed by atoms with Gasteiger partial charge >= 0.3 is 5.97 Å².